The summed E-state index contributed by atoms with van der Waals surface area (Å²) in [5.74, 6) is 0.606. The zero-order valence-corrected chi connectivity index (χ0v) is 10.9. The van der Waals surface area contributed by atoms with E-state index in [9.17, 15) is 0 Å². The van der Waals surface area contributed by atoms with Gasteiger partial charge in [0, 0.05) is 18.7 Å². The molecule has 1 aliphatic rings. The van der Waals surface area contributed by atoms with E-state index in [1.165, 1.54) is 5.56 Å². The monoisotopic (exact) mass is 259 g/mol. The van der Waals surface area contributed by atoms with Gasteiger partial charge in [0.05, 0.1) is 6.10 Å². The zero-order valence-electron chi connectivity index (χ0n) is 10.9. The smallest absolute Gasteiger partial charge is 0.321 e. The van der Waals surface area contributed by atoms with Crippen molar-refractivity contribution in [1.29, 1.82) is 0 Å². The molecule has 0 aliphatic carbocycles. The molecule has 0 spiro atoms. The third kappa shape index (κ3) is 2.93. The van der Waals surface area contributed by atoms with E-state index in [1.807, 2.05) is 24.3 Å². The lowest BCUT2D eigenvalue weighted by Crippen LogP contribution is -2.18. The zero-order chi connectivity index (χ0) is 13.1. The molecule has 2 heterocycles. The number of aryl methyl sites for hydroxylation is 1. The molecule has 5 nitrogen and oxygen atoms in total. The van der Waals surface area contributed by atoms with Gasteiger partial charge in [0.2, 0.25) is 5.82 Å². The highest BCUT2D eigenvalue weighted by molar-refractivity contribution is 5.55. The first-order valence-corrected chi connectivity index (χ1v) is 6.57. The number of anilines is 1. The van der Waals surface area contributed by atoms with Crippen LogP contribution in [0.25, 0.3) is 11.4 Å². The van der Waals surface area contributed by atoms with E-state index in [4.69, 9.17) is 9.26 Å². The maximum atomic E-state index is 5.53. The van der Waals surface area contributed by atoms with Gasteiger partial charge < -0.3 is 14.6 Å². The second-order valence-electron chi connectivity index (χ2n) is 4.81. The normalized spacial score (nSPS) is 18.7. The first kappa shape index (κ1) is 12.2. The van der Waals surface area contributed by atoms with Gasteiger partial charge in [-0.05, 0) is 19.8 Å². The van der Waals surface area contributed by atoms with Crippen LogP contribution in [0.5, 0.6) is 0 Å². The molecule has 1 atom stereocenters. The predicted octanol–water partition coefficient (Wildman–Crippen LogP) is 2.64. The molecule has 1 aromatic carbocycles. The SMILES string of the molecule is Cc1ccc(-c2noc(NCC3CCCO3)n2)cc1. The highest BCUT2D eigenvalue weighted by Gasteiger charge is 2.16. The predicted molar refractivity (Wildman–Crippen MR) is 71.9 cm³/mol. The van der Waals surface area contributed by atoms with Crippen LogP contribution in [-0.2, 0) is 4.74 Å². The Kier molecular flexibility index (Phi) is 3.46. The van der Waals surface area contributed by atoms with Crippen LogP contribution in [0.4, 0.5) is 6.01 Å². The maximum Gasteiger partial charge on any atom is 0.321 e. The molecular formula is C14H17N3O2. The van der Waals surface area contributed by atoms with Crippen molar-refractivity contribution in [3.8, 4) is 11.4 Å². The molecule has 5 heteroatoms. The fraction of sp³-hybridized carbons (Fsp3) is 0.429. The van der Waals surface area contributed by atoms with Gasteiger partial charge in [0.1, 0.15) is 0 Å². The van der Waals surface area contributed by atoms with Crippen molar-refractivity contribution < 1.29 is 9.26 Å². The van der Waals surface area contributed by atoms with Gasteiger partial charge in [0.25, 0.3) is 0 Å². The summed E-state index contributed by atoms with van der Waals surface area (Å²) < 4.78 is 10.7. The average molecular weight is 259 g/mol. The first-order valence-electron chi connectivity index (χ1n) is 6.57. The molecule has 1 aromatic heterocycles. The number of ether oxygens (including phenoxy) is 1. The summed E-state index contributed by atoms with van der Waals surface area (Å²) in [7, 11) is 0. The number of nitrogens with zero attached hydrogens (tertiary/aromatic N) is 2. The maximum absolute atomic E-state index is 5.53. The van der Waals surface area contributed by atoms with E-state index in [2.05, 4.69) is 22.4 Å². The summed E-state index contributed by atoms with van der Waals surface area (Å²) >= 11 is 0. The Morgan fingerprint density at radius 3 is 2.89 bits per heavy atom. The summed E-state index contributed by atoms with van der Waals surface area (Å²) in [6.45, 7) is 3.62. The van der Waals surface area contributed by atoms with Crippen molar-refractivity contribution in [2.24, 2.45) is 0 Å². The molecule has 0 bridgehead atoms. The van der Waals surface area contributed by atoms with Gasteiger partial charge in [-0.3, -0.25) is 0 Å². The average Bonchev–Trinajstić information content (AvgIpc) is 3.09. The molecule has 0 radical (unpaired) electrons. The van der Waals surface area contributed by atoms with Crippen LogP contribution in [0.2, 0.25) is 0 Å². The number of hydrogen-bond acceptors (Lipinski definition) is 5. The number of benzene rings is 1. The van der Waals surface area contributed by atoms with Crippen molar-refractivity contribution in [3.05, 3.63) is 29.8 Å². The van der Waals surface area contributed by atoms with Crippen molar-refractivity contribution in [2.45, 2.75) is 25.9 Å². The summed E-state index contributed by atoms with van der Waals surface area (Å²) in [5, 5.41) is 7.09. The molecule has 19 heavy (non-hydrogen) atoms. The van der Waals surface area contributed by atoms with E-state index in [-0.39, 0.29) is 6.10 Å². The Bertz CT molecular complexity index is 530. The first-order chi connectivity index (χ1) is 9.31. The van der Waals surface area contributed by atoms with E-state index in [1.54, 1.807) is 0 Å². The molecule has 0 saturated carbocycles. The topological polar surface area (TPSA) is 60.2 Å². The molecule has 1 N–H and O–H groups in total. The lowest BCUT2D eigenvalue weighted by Gasteiger charge is -2.07. The number of hydrogen-bond donors (Lipinski definition) is 1. The Labute approximate surface area is 112 Å². The summed E-state index contributed by atoms with van der Waals surface area (Å²) in [4.78, 5) is 4.33. The minimum Gasteiger partial charge on any atom is -0.376 e. The van der Waals surface area contributed by atoms with Crippen molar-refractivity contribution in [3.63, 3.8) is 0 Å². The van der Waals surface area contributed by atoms with E-state index in [0.717, 1.165) is 31.6 Å². The molecule has 1 aliphatic heterocycles. The van der Waals surface area contributed by atoms with Crippen LogP contribution in [0.3, 0.4) is 0 Å². The second-order valence-corrected chi connectivity index (χ2v) is 4.81. The Balaban J connectivity index is 1.63. The Morgan fingerprint density at radius 1 is 1.32 bits per heavy atom. The van der Waals surface area contributed by atoms with Crippen LogP contribution in [-0.4, -0.2) is 29.4 Å². The van der Waals surface area contributed by atoms with Gasteiger partial charge >= 0.3 is 6.01 Å². The van der Waals surface area contributed by atoms with Gasteiger partial charge in [-0.2, -0.15) is 4.98 Å². The largest absolute Gasteiger partial charge is 0.376 e. The highest BCUT2D eigenvalue weighted by atomic mass is 16.5. The highest BCUT2D eigenvalue weighted by Crippen LogP contribution is 2.18. The quantitative estimate of drug-likeness (QED) is 0.914. The fourth-order valence-corrected chi connectivity index (χ4v) is 2.12. The van der Waals surface area contributed by atoms with Gasteiger partial charge in [0.15, 0.2) is 0 Å². The molecule has 3 rings (SSSR count). The van der Waals surface area contributed by atoms with Crippen LogP contribution in [0, 0.1) is 6.92 Å². The lowest BCUT2D eigenvalue weighted by molar-refractivity contribution is 0.120. The van der Waals surface area contributed by atoms with Crippen molar-refractivity contribution in [2.75, 3.05) is 18.5 Å². The molecule has 1 saturated heterocycles. The van der Waals surface area contributed by atoms with Crippen molar-refractivity contribution in [1.82, 2.24) is 10.1 Å². The van der Waals surface area contributed by atoms with E-state index in [0.29, 0.717) is 11.8 Å². The molecule has 100 valence electrons. The van der Waals surface area contributed by atoms with Crippen LogP contribution >= 0.6 is 0 Å². The van der Waals surface area contributed by atoms with E-state index < -0.39 is 0 Å². The van der Waals surface area contributed by atoms with Crippen LogP contribution in [0.1, 0.15) is 18.4 Å². The van der Waals surface area contributed by atoms with E-state index >= 15 is 0 Å². The van der Waals surface area contributed by atoms with Gasteiger partial charge in [-0.25, -0.2) is 0 Å². The molecular weight excluding hydrogens is 242 g/mol. The lowest BCUT2D eigenvalue weighted by atomic mass is 10.1. The number of aromatic nitrogens is 2. The van der Waals surface area contributed by atoms with Crippen LogP contribution < -0.4 is 5.32 Å². The Hall–Kier alpha value is -1.88. The minimum atomic E-state index is 0.259. The third-order valence-electron chi connectivity index (χ3n) is 3.24. The molecule has 1 unspecified atom stereocenters. The molecule has 0 amide bonds. The molecule has 2 aromatic rings. The number of rotatable bonds is 4. The Morgan fingerprint density at radius 2 is 2.16 bits per heavy atom. The fourth-order valence-electron chi connectivity index (χ4n) is 2.12. The minimum absolute atomic E-state index is 0.259. The molecule has 1 fully saturated rings. The second kappa shape index (κ2) is 5.40. The summed E-state index contributed by atoms with van der Waals surface area (Å²) in [6.07, 6.45) is 2.48. The standard InChI is InChI=1S/C14H17N3O2/c1-10-4-6-11(7-5-10)13-16-14(19-17-13)15-9-12-3-2-8-18-12/h4-7,12H,2-3,8-9H2,1H3,(H,15,16,17). The van der Waals surface area contributed by atoms with Gasteiger partial charge in [-0.15, -0.1) is 0 Å². The van der Waals surface area contributed by atoms with Gasteiger partial charge in [-0.1, -0.05) is 35.0 Å². The van der Waals surface area contributed by atoms with Crippen LogP contribution in [0.15, 0.2) is 28.8 Å². The third-order valence-corrected chi connectivity index (χ3v) is 3.24. The number of nitrogens with one attached hydrogen (secondary N) is 1. The summed E-state index contributed by atoms with van der Waals surface area (Å²) in [6, 6.07) is 8.50. The van der Waals surface area contributed by atoms with Crippen molar-refractivity contribution >= 4 is 6.01 Å². The summed E-state index contributed by atoms with van der Waals surface area (Å²) in [5.41, 5.74) is 2.17.